The normalized spacial score (nSPS) is 28.3. The smallest absolute Gasteiger partial charge is 0.262 e. The van der Waals surface area contributed by atoms with Gasteiger partial charge in [0.25, 0.3) is 23.6 Å². The fourth-order valence-electron chi connectivity index (χ4n) is 8.09. The zero-order valence-electron chi connectivity index (χ0n) is 24.1. The summed E-state index contributed by atoms with van der Waals surface area (Å²) in [6, 6.07) is 9.17. The summed E-state index contributed by atoms with van der Waals surface area (Å²) in [5.41, 5.74) is 19.1. The van der Waals surface area contributed by atoms with Crippen molar-refractivity contribution in [2.45, 2.75) is 70.9 Å². The highest BCUT2D eigenvalue weighted by Gasteiger charge is 2.47. The molecule has 6 rings (SSSR count). The Kier molecular flexibility index (Phi) is 7.42. The number of carbonyl (C=O) groups excluding carboxylic acids is 4. The molecule has 0 aromatic heterocycles. The van der Waals surface area contributed by atoms with Crippen molar-refractivity contribution in [3.05, 3.63) is 79.5 Å². The molecule has 220 valence electrons. The maximum atomic E-state index is 13.3. The highest BCUT2D eigenvalue weighted by molar-refractivity contribution is 6.24. The molecule has 4 aliphatic rings. The second kappa shape index (κ2) is 11.2. The number of fused-ring (bicyclic) bond motifs is 2. The standard InChI is InChI=1S/C31H32N8O4/c1-16-13-18(9-11-24(16)38-28(40)20-5-3-7-22(34-36-32)26(20)30(38)42)15-19-10-12-25(17(2)14-19)39-29(41)21-6-4-8-23(35-37-33)27(21)31(39)43/h3-8,16-19,24-25H,9-15H2,1-2H3. The van der Waals surface area contributed by atoms with E-state index < -0.39 is 0 Å². The molecule has 0 radical (unpaired) electrons. The summed E-state index contributed by atoms with van der Waals surface area (Å²) in [7, 11) is 0. The number of amides is 4. The molecule has 43 heavy (non-hydrogen) atoms. The fraction of sp³-hybridized carbons (Fsp3) is 0.484. The molecule has 2 fully saturated rings. The van der Waals surface area contributed by atoms with Crippen LogP contribution in [0.4, 0.5) is 11.4 Å². The van der Waals surface area contributed by atoms with Crippen molar-refractivity contribution >= 4 is 35.0 Å². The summed E-state index contributed by atoms with van der Waals surface area (Å²) in [5, 5.41) is 7.26. The maximum Gasteiger partial charge on any atom is 0.262 e. The first kappa shape index (κ1) is 28.5. The Bertz CT molecular complexity index is 1520. The second-order valence-electron chi connectivity index (χ2n) is 12.4. The molecule has 2 aliphatic heterocycles. The van der Waals surface area contributed by atoms with Crippen LogP contribution in [0.15, 0.2) is 46.6 Å². The minimum Gasteiger partial charge on any atom is -0.271 e. The first-order chi connectivity index (χ1) is 20.7. The Morgan fingerprint density at radius 1 is 0.674 bits per heavy atom. The monoisotopic (exact) mass is 580 g/mol. The highest BCUT2D eigenvalue weighted by atomic mass is 16.2. The molecule has 4 amide bonds. The predicted molar refractivity (Wildman–Crippen MR) is 157 cm³/mol. The van der Waals surface area contributed by atoms with Gasteiger partial charge in [-0.2, -0.15) is 0 Å². The van der Waals surface area contributed by atoms with Crippen LogP contribution in [0.2, 0.25) is 0 Å². The molecule has 6 atom stereocenters. The van der Waals surface area contributed by atoms with Crippen molar-refractivity contribution in [1.29, 1.82) is 0 Å². The first-order valence-electron chi connectivity index (χ1n) is 14.9. The topological polar surface area (TPSA) is 172 Å². The van der Waals surface area contributed by atoms with E-state index in [2.05, 4.69) is 33.9 Å². The van der Waals surface area contributed by atoms with Gasteiger partial charge in [-0.05, 0) is 91.8 Å². The molecule has 2 aromatic carbocycles. The summed E-state index contributed by atoms with van der Waals surface area (Å²) < 4.78 is 0. The van der Waals surface area contributed by atoms with Gasteiger partial charge in [-0.25, -0.2) is 0 Å². The van der Waals surface area contributed by atoms with Crippen LogP contribution in [-0.2, 0) is 0 Å². The Hall–Kier alpha value is -4.66. The Balaban J connectivity index is 1.08. The number of imide groups is 2. The van der Waals surface area contributed by atoms with Gasteiger partial charge in [-0.1, -0.05) is 48.3 Å². The van der Waals surface area contributed by atoms with E-state index >= 15 is 0 Å². The van der Waals surface area contributed by atoms with E-state index in [0.29, 0.717) is 23.0 Å². The Labute approximate surface area is 248 Å². The van der Waals surface area contributed by atoms with Crippen molar-refractivity contribution < 1.29 is 19.2 Å². The molecule has 0 spiro atoms. The van der Waals surface area contributed by atoms with Crippen LogP contribution in [-0.4, -0.2) is 45.5 Å². The van der Waals surface area contributed by atoms with E-state index in [1.54, 1.807) is 36.4 Å². The Morgan fingerprint density at radius 2 is 1.09 bits per heavy atom. The average Bonchev–Trinajstić information content (AvgIpc) is 3.39. The number of hydrogen-bond donors (Lipinski definition) is 0. The fourth-order valence-corrected chi connectivity index (χ4v) is 8.09. The van der Waals surface area contributed by atoms with Crippen LogP contribution in [0.3, 0.4) is 0 Å². The van der Waals surface area contributed by atoms with Gasteiger partial charge in [0.05, 0.1) is 33.6 Å². The lowest BCUT2D eigenvalue weighted by molar-refractivity contribution is 0.0391. The van der Waals surface area contributed by atoms with E-state index in [9.17, 15) is 19.2 Å². The van der Waals surface area contributed by atoms with Crippen LogP contribution < -0.4 is 0 Å². The lowest BCUT2D eigenvalue weighted by Gasteiger charge is -2.42. The molecule has 6 unspecified atom stereocenters. The molecule has 0 bridgehead atoms. The predicted octanol–water partition coefficient (Wildman–Crippen LogP) is 7.46. The molecular formula is C31H32N8O4. The molecule has 2 heterocycles. The first-order valence-corrected chi connectivity index (χ1v) is 14.9. The summed E-state index contributed by atoms with van der Waals surface area (Å²) in [5.74, 6) is -0.244. The highest BCUT2D eigenvalue weighted by Crippen LogP contribution is 2.44. The summed E-state index contributed by atoms with van der Waals surface area (Å²) in [6.07, 6.45) is 6.08. The van der Waals surface area contributed by atoms with Crippen LogP contribution in [0.1, 0.15) is 100 Å². The molecule has 2 aromatic rings. The van der Waals surface area contributed by atoms with Gasteiger partial charge in [0, 0.05) is 21.9 Å². The van der Waals surface area contributed by atoms with Crippen molar-refractivity contribution in [3.63, 3.8) is 0 Å². The van der Waals surface area contributed by atoms with Crippen molar-refractivity contribution in [2.24, 2.45) is 33.9 Å². The SMILES string of the molecule is CC1CC(CC2CCC(N3C(=O)c4cccc(N=[N+]=[N-])c4C3=O)C(C)C2)CCC1N1C(=O)c2cccc(N=[N+]=[N-])c2C1=O. The lowest BCUT2D eigenvalue weighted by atomic mass is 9.70. The van der Waals surface area contributed by atoms with Gasteiger partial charge in [-0.3, -0.25) is 29.0 Å². The largest absolute Gasteiger partial charge is 0.271 e. The second-order valence-corrected chi connectivity index (χ2v) is 12.4. The lowest BCUT2D eigenvalue weighted by Crippen LogP contribution is -2.47. The summed E-state index contributed by atoms with van der Waals surface area (Å²) in [6.45, 7) is 4.20. The van der Waals surface area contributed by atoms with Crippen molar-refractivity contribution in [3.8, 4) is 0 Å². The van der Waals surface area contributed by atoms with Gasteiger partial charge < -0.3 is 0 Å². The van der Waals surface area contributed by atoms with Gasteiger partial charge in [0.1, 0.15) is 0 Å². The van der Waals surface area contributed by atoms with Crippen LogP contribution in [0.5, 0.6) is 0 Å². The number of carbonyl (C=O) groups is 4. The molecule has 12 heteroatoms. The van der Waals surface area contributed by atoms with E-state index in [-0.39, 0.29) is 70.0 Å². The van der Waals surface area contributed by atoms with Crippen LogP contribution in [0.25, 0.3) is 20.9 Å². The van der Waals surface area contributed by atoms with E-state index in [4.69, 9.17) is 11.1 Å². The summed E-state index contributed by atoms with van der Waals surface area (Å²) >= 11 is 0. The number of rotatable bonds is 6. The van der Waals surface area contributed by atoms with E-state index in [1.165, 1.54) is 9.80 Å². The quantitative estimate of drug-likeness (QED) is 0.149. The number of azide groups is 2. The summed E-state index contributed by atoms with van der Waals surface area (Å²) in [4.78, 5) is 61.6. The van der Waals surface area contributed by atoms with Gasteiger partial charge in [-0.15, -0.1) is 0 Å². The zero-order valence-corrected chi connectivity index (χ0v) is 24.1. The molecule has 0 saturated heterocycles. The molecule has 12 nitrogen and oxygen atoms in total. The molecule has 2 aliphatic carbocycles. The van der Waals surface area contributed by atoms with Gasteiger partial charge in [0.15, 0.2) is 0 Å². The maximum absolute atomic E-state index is 13.3. The van der Waals surface area contributed by atoms with Crippen LogP contribution in [0, 0.1) is 23.7 Å². The Morgan fingerprint density at radius 3 is 1.47 bits per heavy atom. The zero-order chi connectivity index (χ0) is 30.4. The third-order valence-corrected chi connectivity index (χ3v) is 9.95. The number of nitrogens with zero attached hydrogens (tertiary/aromatic N) is 8. The number of hydrogen-bond acceptors (Lipinski definition) is 6. The average molecular weight is 581 g/mol. The molecule has 2 saturated carbocycles. The van der Waals surface area contributed by atoms with E-state index in [0.717, 1.165) is 44.9 Å². The van der Waals surface area contributed by atoms with E-state index in [1.807, 2.05) is 0 Å². The van der Waals surface area contributed by atoms with Gasteiger partial charge in [0.2, 0.25) is 0 Å². The minimum absolute atomic E-state index is 0.126. The third-order valence-electron chi connectivity index (χ3n) is 9.95. The minimum atomic E-state index is -0.384. The van der Waals surface area contributed by atoms with Crippen molar-refractivity contribution in [2.75, 3.05) is 0 Å². The van der Waals surface area contributed by atoms with Gasteiger partial charge >= 0.3 is 0 Å². The number of benzene rings is 2. The van der Waals surface area contributed by atoms with Crippen LogP contribution >= 0.6 is 0 Å². The van der Waals surface area contributed by atoms with Crippen molar-refractivity contribution in [1.82, 2.24) is 9.80 Å². The molecular weight excluding hydrogens is 548 g/mol. The molecule has 0 N–H and O–H groups in total. The third kappa shape index (κ3) is 4.73.